The molecule has 7 nitrogen and oxygen atoms in total. The van der Waals surface area contributed by atoms with Crippen LogP contribution >= 0.6 is 11.8 Å². The Morgan fingerprint density at radius 2 is 2.04 bits per heavy atom. The maximum atomic E-state index is 12.5. The van der Waals surface area contributed by atoms with E-state index in [9.17, 15) is 9.59 Å². The highest BCUT2D eigenvalue weighted by Crippen LogP contribution is 2.19. The Labute approximate surface area is 150 Å². The van der Waals surface area contributed by atoms with Crippen molar-refractivity contribution in [3.63, 3.8) is 0 Å². The molecule has 0 saturated carbocycles. The highest BCUT2D eigenvalue weighted by molar-refractivity contribution is 8.02. The van der Waals surface area contributed by atoms with Gasteiger partial charge in [-0.25, -0.2) is 0 Å². The maximum absolute atomic E-state index is 12.5. The fourth-order valence-electron chi connectivity index (χ4n) is 2.42. The summed E-state index contributed by atoms with van der Waals surface area (Å²) in [5.41, 5.74) is 0.822. The van der Waals surface area contributed by atoms with Crippen LogP contribution in [0, 0.1) is 0 Å². The minimum absolute atomic E-state index is 0.155. The molecule has 1 unspecified atom stereocenters. The fraction of sp³-hybridized carbons (Fsp3) is 0.412. The summed E-state index contributed by atoms with van der Waals surface area (Å²) in [5.74, 6) is 0.441. The van der Waals surface area contributed by atoms with Gasteiger partial charge >= 0.3 is 0 Å². The molecular weight excluding hydrogens is 344 g/mol. The number of para-hydroxylation sites is 1. The molecule has 2 aliphatic heterocycles. The van der Waals surface area contributed by atoms with Crippen LogP contribution in [0.15, 0.2) is 35.4 Å². The molecule has 8 heteroatoms. The van der Waals surface area contributed by atoms with Crippen LogP contribution < -0.4 is 10.6 Å². The van der Waals surface area contributed by atoms with Crippen molar-refractivity contribution < 1.29 is 23.8 Å². The molecule has 1 fully saturated rings. The lowest BCUT2D eigenvalue weighted by Gasteiger charge is -2.23. The van der Waals surface area contributed by atoms with Gasteiger partial charge in [0.2, 0.25) is 0 Å². The van der Waals surface area contributed by atoms with Crippen molar-refractivity contribution >= 4 is 29.3 Å². The van der Waals surface area contributed by atoms with E-state index in [0.717, 1.165) is 5.75 Å². The molecule has 1 aromatic carbocycles. The fourth-order valence-corrected chi connectivity index (χ4v) is 3.04. The summed E-state index contributed by atoms with van der Waals surface area (Å²) in [4.78, 5) is 24.7. The summed E-state index contributed by atoms with van der Waals surface area (Å²) in [6.45, 7) is 2.42. The third kappa shape index (κ3) is 4.97. The number of hydrogen-bond acceptors (Lipinski definition) is 6. The molecule has 134 valence electrons. The molecule has 0 spiro atoms. The number of carbonyl (C=O) groups is 2. The maximum Gasteiger partial charge on any atom is 0.291 e. The van der Waals surface area contributed by atoms with Crippen molar-refractivity contribution in [1.82, 2.24) is 5.32 Å². The van der Waals surface area contributed by atoms with Gasteiger partial charge in [-0.05, 0) is 12.1 Å². The van der Waals surface area contributed by atoms with Crippen LogP contribution in [0.3, 0.4) is 0 Å². The molecular formula is C17H20N2O5S. The lowest BCUT2D eigenvalue weighted by molar-refractivity contribution is -0.116. The third-order valence-corrected chi connectivity index (χ3v) is 4.45. The van der Waals surface area contributed by atoms with Crippen LogP contribution in [0.1, 0.15) is 10.4 Å². The Morgan fingerprint density at radius 3 is 2.80 bits per heavy atom. The van der Waals surface area contributed by atoms with Gasteiger partial charge in [0.05, 0.1) is 43.8 Å². The average Bonchev–Trinajstić information content (AvgIpc) is 2.68. The van der Waals surface area contributed by atoms with Crippen molar-refractivity contribution in [3.05, 3.63) is 41.0 Å². The molecule has 2 aliphatic rings. The van der Waals surface area contributed by atoms with E-state index in [4.69, 9.17) is 14.2 Å². The van der Waals surface area contributed by atoms with Crippen molar-refractivity contribution in [2.24, 2.45) is 0 Å². The molecule has 25 heavy (non-hydrogen) atoms. The molecule has 1 aromatic rings. The van der Waals surface area contributed by atoms with Gasteiger partial charge in [0, 0.05) is 17.7 Å². The Hall–Kier alpha value is -2.03. The Morgan fingerprint density at radius 1 is 1.16 bits per heavy atom. The van der Waals surface area contributed by atoms with E-state index in [1.165, 1.54) is 11.8 Å². The van der Waals surface area contributed by atoms with Crippen LogP contribution in [-0.2, 0) is 19.0 Å². The van der Waals surface area contributed by atoms with Gasteiger partial charge in [0.15, 0.2) is 5.76 Å². The quantitative estimate of drug-likeness (QED) is 0.821. The number of carbonyl (C=O) groups excluding carboxylic acids is 2. The van der Waals surface area contributed by atoms with Gasteiger partial charge in [-0.15, -0.1) is 11.8 Å². The van der Waals surface area contributed by atoms with E-state index in [-0.39, 0.29) is 23.7 Å². The summed E-state index contributed by atoms with van der Waals surface area (Å²) < 4.78 is 16.1. The zero-order valence-electron chi connectivity index (χ0n) is 13.7. The largest absolute Gasteiger partial charge is 0.487 e. The van der Waals surface area contributed by atoms with E-state index < -0.39 is 0 Å². The first-order valence-electron chi connectivity index (χ1n) is 8.06. The number of nitrogens with one attached hydrogen (secondary N) is 2. The first kappa shape index (κ1) is 17.8. The number of rotatable bonds is 5. The van der Waals surface area contributed by atoms with E-state index in [1.807, 2.05) is 0 Å². The predicted octanol–water partition coefficient (Wildman–Crippen LogP) is 1.38. The summed E-state index contributed by atoms with van der Waals surface area (Å²) in [5, 5.41) is 7.24. The van der Waals surface area contributed by atoms with Gasteiger partial charge in [-0.1, -0.05) is 12.1 Å². The standard InChI is InChI=1S/C17H20N2O5S/c20-16(18-9-12-10-22-5-6-23-12)13-3-1-2-4-14(13)19-17(21)15-11-25-8-7-24-15/h1-4,11-12H,5-10H2,(H,18,20)(H,19,21). The number of amides is 2. The minimum Gasteiger partial charge on any atom is -0.487 e. The number of ether oxygens (including phenoxy) is 3. The number of hydrogen-bond donors (Lipinski definition) is 2. The molecule has 0 aliphatic carbocycles. The van der Waals surface area contributed by atoms with Gasteiger partial charge in [0.25, 0.3) is 11.8 Å². The zero-order valence-corrected chi connectivity index (χ0v) is 14.5. The zero-order chi connectivity index (χ0) is 17.5. The normalized spacial score (nSPS) is 20.2. The topological polar surface area (TPSA) is 85.9 Å². The highest BCUT2D eigenvalue weighted by Gasteiger charge is 2.20. The molecule has 2 N–H and O–H groups in total. The lowest BCUT2D eigenvalue weighted by Crippen LogP contribution is -2.39. The van der Waals surface area contributed by atoms with Crippen LogP contribution in [0.4, 0.5) is 5.69 Å². The monoisotopic (exact) mass is 364 g/mol. The van der Waals surface area contributed by atoms with E-state index in [2.05, 4.69) is 10.6 Å². The first-order valence-corrected chi connectivity index (χ1v) is 9.11. The van der Waals surface area contributed by atoms with Crippen molar-refractivity contribution in [3.8, 4) is 0 Å². The highest BCUT2D eigenvalue weighted by atomic mass is 32.2. The summed E-state index contributed by atoms with van der Waals surface area (Å²) in [6.07, 6.45) is -0.155. The molecule has 1 atom stereocenters. The first-order chi connectivity index (χ1) is 12.2. The molecule has 0 bridgehead atoms. The second-order valence-corrected chi connectivity index (χ2v) is 6.46. The number of anilines is 1. The average molecular weight is 364 g/mol. The molecule has 0 radical (unpaired) electrons. The predicted molar refractivity (Wildman–Crippen MR) is 94.5 cm³/mol. The van der Waals surface area contributed by atoms with Crippen LogP contribution in [-0.4, -0.2) is 56.6 Å². The number of thioether (sulfide) groups is 1. The molecule has 3 rings (SSSR count). The number of benzene rings is 1. The Kier molecular flexibility index (Phi) is 6.32. The smallest absolute Gasteiger partial charge is 0.291 e. The van der Waals surface area contributed by atoms with E-state index in [0.29, 0.717) is 44.2 Å². The SMILES string of the molecule is O=C(Nc1ccccc1C(=O)NCC1COCCO1)C1=CSCCO1. The second kappa shape index (κ2) is 8.89. The van der Waals surface area contributed by atoms with Gasteiger partial charge in [0.1, 0.15) is 0 Å². The summed E-state index contributed by atoms with van der Waals surface area (Å²) in [6, 6.07) is 6.85. The van der Waals surface area contributed by atoms with Gasteiger partial charge in [-0.2, -0.15) is 0 Å². The van der Waals surface area contributed by atoms with Crippen molar-refractivity contribution in [2.45, 2.75) is 6.10 Å². The van der Waals surface area contributed by atoms with Crippen molar-refractivity contribution in [2.75, 3.05) is 44.0 Å². The minimum atomic E-state index is -0.364. The van der Waals surface area contributed by atoms with E-state index in [1.54, 1.807) is 29.7 Å². The molecule has 0 aromatic heterocycles. The molecule has 1 saturated heterocycles. The summed E-state index contributed by atoms with van der Waals surface area (Å²) in [7, 11) is 0. The van der Waals surface area contributed by atoms with Crippen LogP contribution in [0.5, 0.6) is 0 Å². The Bertz CT molecular complexity index is 658. The van der Waals surface area contributed by atoms with Crippen molar-refractivity contribution in [1.29, 1.82) is 0 Å². The van der Waals surface area contributed by atoms with Crippen LogP contribution in [0.2, 0.25) is 0 Å². The molecule has 2 heterocycles. The Balaban J connectivity index is 1.62. The molecule has 2 amide bonds. The third-order valence-electron chi connectivity index (χ3n) is 3.67. The van der Waals surface area contributed by atoms with Gasteiger partial charge in [-0.3, -0.25) is 9.59 Å². The second-order valence-electron chi connectivity index (χ2n) is 5.48. The van der Waals surface area contributed by atoms with E-state index >= 15 is 0 Å². The van der Waals surface area contributed by atoms with Crippen LogP contribution in [0.25, 0.3) is 0 Å². The summed E-state index contributed by atoms with van der Waals surface area (Å²) >= 11 is 1.52. The lowest BCUT2D eigenvalue weighted by atomic mass is 10.1. The van der Waals surface area contributed by atoms with Gasteiger partial charge < -0.3 is 24.8 Å².